The molecule has 0 amide bonds. The van der Waals surface area contributed by atoms with Crippen molar-refractivity contribution in [3.63, 3.8) is 0 Å². The summed E-state index contributed by atoms with van der Waals surface area (Å²) >= 11 is 0. The van der Waals surface area contributed by atoms with Crippen LogP contribution in [0, 0.1) is 12.7 Å². The fourth-order valence-corrected chi connectivity index (χ4v) is 2.61. The van der Waals surface area contributed by atoms with Crippen molar-refractivity contribution >= 4 is 5.69 Å². The Labute approximate surface area is 112 Å². The van der Waals surface area contributed by atoms with Gasteiger partial charge in [0.25, 0.3) is 0 Å². The largest absolute Gasteiger partial charge is 0.381 e. The van der Waals surface area contributed by atoms with E-state index in [0.29, 0.717) is 12.0 Å². The maximum Gasteiger partial charge on any atom is 0.123 e. The van der Waals surface area contributed by atoms with Crippen LogP contribution in [-0.4, -0.2) is 11.0 Å². The molecule has 2 aromatic rings. The van der Waals surface area contributed by atoms with Crippen LogP contribution >= 0.6 is 0 Å². The molecule has 0 spiro atoms. The number of halogens is 1. The van der Waals surface area contributed by atoms with Gasteiger partial charge in [-0.15, -0.1) is 0 Å². The van der Waals surface area contributed by atoms with Gasteiger partial charge < -0.3 is 5.32 Å². The van der Waals surface area contributed by atoms with Gasteiger partial charge in [-0.2, -0.15) is 0 Å². The predicted octanol–water partition coefficient (Wildman–Crippen LogP) is 3.89. The average Bonchev–Trinajstić information content (AvgIpc) is 2.35. The first-order valence-electron chi connectivity index (χ1n) is 6.64. The van der Waals surface area contributed by atoms with Gasteiger partial charge in [0, 0.05) is 18.4 Å². The second-order valence-corrected chi connectivity index (χ2v) is 5.31. The minimum absolute atomic E-state index is 0.163. The molecule has 1 heterocycles. The zero-order chi connectivity index (χ0) is 13.2. The number of nitrogens with one attached hydrogen (secondary N) is 1. The van der Waals surface area contributed by atoms with Crippen molar-refractivity contribution in [2.75, 3.05) is 5.32 Å². The third kappa shape index (κ3) is 2.75. The maximum absolute atomic E-state index is 12.9. The third-order valence-electron chi connectivity index (χ3n) is 3.73. The molecule has 0 aliphatic heterocycles. The van der Waals surface area contributed by atoms with E-state index < -0.39 is 0 Å². The van der Waals surface area contributed by atoms with Crippen LogP contribution in [0.4, 0.5) is 10.1 Å². The van der Waals surface area contributed by atoms with Gasteiger partial charge in [-0.25, -0.2) is 4.39 Å². The van der Waals surface area contributed by atoms with Crippen molar-refractivity contribution < 1.29 is 4.39 Å². The molecule has 1 fully saturated rings. The number of pyridine rings is 1. The van der Waals surface area contributed by atoms with E-state index in [0.717, 1.165) is 18.5 Å². The summed E-state index contributed by atoms with van der Waals surface area (Å²) in [5, 5.41) is 3.49. The van der Waals surface area contributed by atoms with Crippen molar-refractivity contribution in [2.24, 2.45) is 0 Å². The van der Waals surface area contributed by atoms with Gasteiger partial charge in [0.1, 0.15) is 5.82 Å². The Bertz CT molecular complexity index is 559. The Morgan fingerprint density at radius 2 is 1.89 bits per heavy atom. The smallest absolute Gasteiger partial charge is 0.123 e. The average molecular weight is 256 g/mol. The second kappa shape index (κ2) is 5.00. The Kier molecular flexibility index (Phi) is 3.20. The first-order valence-corrected chi connectivity index (χ1v) is 6.64. The molecule has 0 unspecified atom stereocenters. The first-order chi connectivity index (χ1) is 9.20. The first kappa shape index (κ1) is 12.2. The molecule has 1 aliphatic carbocycles. The Morgan fingerprint density at radius 3 is 2.58 bits per heavy atom. The predicted molar refractivity (Wildman–Crippen MR) is 74.8 cm³/mol. The van der Waals surface area contributed by atoms with Crippen LogP contribution in [0.15, 0.2) is 42.7 Å². The highest BCUT2D eigenvalue weighted by Crippen LogP contribution is 2.38. The third-order valence-corrected chi connectivity index (χ3v) is 3.73. The fourth-order valence-electron chi connectivity index (χ4n) is 2.61. The number of rotatable bonds is 3. The van der Waals surface area contributed by atoms with Gasteiger partial charge in [-0.3, -0.25) is 4.98 Å². The van der Waals surface area contributed by atoms with Gasteiger partial charge in [0.05, 0.1) is 5.69 Å². The summed E-state index contributed by atoms with van der Waals surface area (Å²) in [5.74, 6) is 0.388. The lowest BCUT2D eigenvalue weighted by Crippen LogP contribution is -2.34. The Morgan fingerprint density at radius 1 is 1.16 bits per heavy atom. The molecule has 3 rings (SSSR count). The van der Waals surface area contributed by atoms with Crippen LogP contribution in [-0.2, 0) is 0 Å². The molecule has 1 aromatic heterocycles. The van der Waals surface area contributed by atoms with E-state index in [1.807, 2.05) is 31.5 Å². The summed E-state index contributed by atoms with van der Waals surface area (Å²) in [4.78, 5) is 4.18. The summed E-state index contributed by atoms with van der Waals surface area (Å²) in [5.41, 5.74) is 3.49. The summed E-state index contributed by atoms with van der Waals surface area (Å²) in [6.07, 6.45) is 5.91. The number of hydrogen-bond donors (Lipinski definition) is 1. The van der Waals surface area contributed by atoms with E-state index >= 15 is 0 Å². The molecule has 1 aliphatic rings. The molecule has 19 heavy (non-hydrogen) atoms. The van der Waals surface area contributed by atoms with Gasteiger partial charge >= 0.3 is 0 Å². The summed E-state index contributed by atoms with van der Waals surface area (Å²) in [7, 11) is 0. The van der Waals surface area contributed by atoms with Crippen molar-refractivity contribution in [2.45, 2.75) is 31.7 Å². The molecule has 1 N–H and O–H groups in total. The van der Waals surface area contributed by atoms with Crippen molar-refractivity contribution in [1.82, 2.24) is 4.98 Å². The van der Waals surface area contributed by atoms with Crippen LogP contribution in [0.1, 0.15) is 29.9 Å². The molecule has 0 radical (unpaired) electrons. The summed E-state index contributed by atoms with van der Waals surface area (Å²) in [6.45, 7) is 2.04. The van der Waals surface area contributed by atoms with Crippen LogP contribution in [0.25, 0.3) is 0 Å². The topological polar surface area (TPSA) is 24.9 Å². The molecule has 2 nitrogen and oxygen atoms in total. The highest BCUT2D eigenvalue weighted by atomic mass is 19.1. The van der Waals surface area contributed by atoms with Gasteiger partial charge in [0.2, 0.25) is 0 Å². The van der Waals surface area contributed by atoms with Crippen molar-refractivity contribution in [1.29, 1.82) is 0 Å². The SMILES string of the molecule is Cc1cncc(NC2CC(c3ccc(F)cc3)C2)c1. The normalized spacial score (nSPS) is 21.8. The minimum atomic E-state index is -0.163. The monoisotopic (exact) mass is 256 g/mol. The molecule has 1 aromatic carbocycles. The van der Waals surface area contributed by atoms with Crippen LogP contribution < -0.4 is 5.32 Å². The number of anilines is 1. The molecule has 0 saturated heterocycles. The number of aryl methyl sites for hydroxylation is 1. The molecular weight excluding hydrogens is 239 g/mol. The van der Waals surface area contributed by atoms with E-state index in [-0.39, 0.29) is 5.82 Å². The van der Waals surface area contributed by atoms with Crippen molar-refractivity contribution in [3.8, 4) is 0 Å². The lowest BCUT2D eigenvalue weighted by atomic mass is 9.76. The van der Waals surface area contributed by atoms with E-state index in [2.05, 4.69) is 16.4 Å². The molecule has 0 bridgehead atoms. The highest BCUT2D eigenvalue weighted by Gasteiger charge is 2.30. The standard InChI is InChI=1S/C16H17FN2/c1-11-6-16(10-18-9-11)19-15-7-13(8-15)12-2-4-14(17)5-3-12/h2-6,9-10,13,15,19H,7-8H2,1H3. The number of nitrogens with zero attached hydrogens (tertiary/aromatic N) is 1. The van der Waals surface area contributed by atoms with E-state index in [1.54, 1.807) is 12.1 Å². The summed E-state index contributed by atoms with van der Waals surface area (Å²) in [6, 6.07) is 9.48. The number of hydrogen-bond acceptors (Lipinski definition) is 2. The molecule has 3 heteroatoms. The number of benzene rings is 1. The number of aromatic nitrogens is 1. The zero-order valence-corrected chi connectivity index (χ0v) is 10.9. The maximum atomic E-state index is 12.9. The zero-order valence-electron chi connectivity index (χ0n) is 10.9. The fraction of sp³-hybridized carbons (Fsp3) is 0.312. The van der Waals surface area contributed by atoms with Crippen LogP contribution in [0.5, 0.6) is 0 Å². The van der Waals surface area contributed by atoms with Crippen LogP contribution in [0.3, 0.4) is 0 Å². The Hall–Kier alpha value is -1.90. The van der Waals surface area contributed by atoms with Gasteiger partial charge in [-0.05, 0) is 55.0 Å². The lowest BCUT2D eigenvalue weighted by molar-refractivity contribution is 0.374. The van der Waals surface area contributed by atoms with Gasteiger partial charge in [-0.1, -0.05) is 12.1 Å². The highest BCUT2D eigenvalue weighted by molar-refractivity contribution is 5.44. The van der Waals surface area contributed by atoms with Crippen molar-refractivity contribution in [3.05, 3.63) is 59.7 Å². The molecule has 1 saturated carbocycles. The molecule has 98 valence electrons. The minimum Gasteiger partial charge on any atom is -0.381 e. The van der Waals surface area contributed by atoms with E-state index in [1.165, 1.54) is 11.1 Å². The molecule has 0 atom stereocenters. The van der Waals surface area contributed by atoms with Gasteiger partial charge in [0.15, 0.2) is 0 Å². The molecular formula is C16H17FN2. The quantitative estimate of drug-likeness (QED) is 0.901. The van der Waals surface area contributed by atoms with E-state index in [9.17, 15) is 4.39 Å². The van der Waals surface area contributed by atoms with E-state index in [4.69, 9.17) is 0 Å². The summed E-state index contributed by atoms with van der Waals surface area (Å²) < 4.78 is 12.9. The second-order valence-electron chi connectivity index (χ2n) is 5.31. The Balaban J connectivity index is 1.57. The lowest BCUT2D eigenvalue weighted by Gasteiger charge is -2.36. The van der Waals surface area contributed by atoms with Crippen LogP contribution in [0.2, 0.25) is 0 Å².